The van der Waals surface area contributed by atoms with Crippen LogP contribution in [0.2, 0.25) is 0 Å². The molecule has 0 saturated heterocycles. The fraction of sp³-hybridized carbons (Fsp3) is 0.533. The summed E-state index contributed by atoms with van der Waals surface area (Å²) in [6.07, 6.45) is 5.30. The first-order valence-electron chi connectivity index (χ1n) is 7.27. The third kappa shape index (κ3) is 4.04. The molecule has 0 aromatic heterocycles. The molecule has 1 aromatic rings. The zero-order chi connectivity index (χ0) is 15.5. The molecule has 3 N–H and O–H groups in total. The summed E-state index contributed by atoms with van der Waals surface area (Å²) in [7, 11) is -3.65. The highest BCUT2D eigenvalue weighted by atomic mass is 32.2. The summed E-state index contributed by atoms with van der Waals surface area (Å²) >= 11 is 0. The molecule has 1 fully saturated rings. The monoisotopic (exact) mass is 310 g/mol. The summed E-state index contributed by atoms with van der Waals surface area (Å²) in [6, 6.07) is 6.35. The van der Waals surface area contributed by atoms with E-state index in [-0.39, 0.29) is 16.3 Å². The highest BCUT2D eigenvalue weighted by molar-refractivity contribution is 7.89. The number of primary sulfonamides is 1. The number of nitrogens with one attached hydrogen (secondary N) is 1. The minimum Gasteiger partial charge on any atom is -0.351 e. The van der Waals surface area contributed by atoms with Gasteiger partial charge in [-0.3, -0.25) is 4.79 Å². The topological polar surface area (TPSA) is 89.3 Å². The predicted octanol–water partition coefficient (Wildman–Crippen LogP) is 1.72. The Bertz CT molecular complexity index is 599. The van der Waals surface area contributed by atoms with Gasteiger partial charge in [-0.15, -0.1) is 0 Å². The number of amides is 1. The molecule has 0 atom stereocenters. The van der Waals surface area contributed by atoms with Crippen LogP contribution in [0.25, 0.3) is 0 Å². The van der Waals surface area contributed by atoms with E-state index < -0.39 is 10.0 Å². The van der Waals surface area contributed by atoms with Crippen LogP contribution in [0.3, 0.4) is 0 Å². The van der Waals surface area contributed by atoms with Gasteiger partial charge in [0.05, 0.1) is 4.90 Å². The second-order valence-corrected chi connectivity index (χ2v) is 7.29. The number of benzene rings is 1. The largest absolute Gasteiger partial charge is 0.351 e. The summed E-state index contributed by atoms with van der Waals surface area (Å²) in [5.41, 5.74) is 0.950. The van der Waals surface area contributed by atoms with Crippen molar-refractivity contribution in [2.24, 2.45) is 5.14 Å². The molecule has 0 aliphatic heterocycles. The SMILES string of the molecule is CCC1(NC(=O)CCc2ccc(S(N)(=O)=O)cc2)CCC1. The van der Waals surface area contributed by atoms with Crippen LogP contribution in [-0.4, -0.2) is 19.9 Å². The van der Waals surface area contributed by atoms with E-state index in [1.54, 1.807) is 12.1 Å². The number of rotatable bonds is 6. The molecule has 0 bridgehead atoms. The maximum absolute atomic E-state index is 12.0. The molecule has 1 aromatic carbocycles. The molecule has 1 amide bonds. The average Bonchev–Trinajstić information content (AvgIpc) is 2.40. The van der Waals surface area contributed by atoms with E-state index in [0.29, 0.717) is 12.8 Å². The molecular weight excluding hydrogens is 288 g/mol. The molecular formula is C15H22N2O3S. The van der Waals surface area contributed by atoms with E-state index in [0.717, 1.165) is 24.8 Å². The number of nitrogens with two attached hydrogens (primary N) is 1. The Labute approximate surface area is 126 Å². The lowest BCUT2D eigenvalue weighted by Crippen LogP contribution is -2.53. The van der Waals surface area contributed by atoms with E-state index >= 15 is 0 Å². The molecule has 1 aliphatic carbocycles. The van der Waals surface area contributed by atoms with Crippen LogP contribution in [-0.2, 0) is 21.2 Å². The van der Waals surface area contributed by atoms with Gasteiger partial charge < -0.3 is 5.32 Å². The van der Waals surface area contributed by atoms with Gasteiger partial charge in [0.2, 0.25) is 15.9 Å². The van der Waals surface area contributed by atoms with Crippen molar-refractivity contribution in [1.29, 1.82) is 0 Å². The molecule has 0 spiro atoms. The standard InChI is InChI=1S/C15H22N2O3S/c1-2-15(10-3-11-15)17-14(18)9-6-12-4-7-13(8-5-12)21(16,19)20/h4-5,7-8H,2-3,6,9-11H2,1H3,(H,17,18)(H2,16,19,20). The van der Waals surface area contributed by atoms with Crippen LogP contribution in [0.5, 0.6) is 0 Å². The summed E-state index contributed by atoms with van der Waals surface area (Å²) in [6.45, 7) is 2.10. The molecule has 0 heterocycles. The molecule has 0 unspecified atom stereocenters. The number of carbonyl (C=O) groups is 1. The van der Waals surface area contributed by atoms with Crippen LogP contribution in [0.1, 0.15) is 44.6 Å². The summed E-state index contributed by atoms with van der Waals surface area (Å²) in [5.74, 6) is 0.0621. The maximum atomic E-state index is 12.0. The van der Waals surface area contributed by atoms with Crippen molar-refractivity contribution in [2.45, 2.75) is 55.9 Å². The highest BCUT2D eigenvalue weighted by Gasteiger charge is 2.36. The molecule has 6 heteroatoms. The maximum Gasteiger partial charge on any atom is 0.238 e. The summed E-state index contributed by atoms with van der Waals surface area (Å²) in [4.78, 5) is 12.1. The van der Waals surface area contributed by atoms with Crippen LogP contribution >= 0.6 is 0 Å². The van der Waals surface area contributed by atoms with E-state index in [2.05, 4.69) is 12.2 Å². The first-order valence-corrected chi connectivity index (χ1v) is 8.82. The van der Waals surface area contributed by atoms with Gasteiger partial charge in [-0.25, -0.2) is 13.6 Å². The molecule has 21 heavy (non-hydrogen) atoms. The van der Waals surface area contributed by atoms with Crippen LogP contribution in [0.4, 0.5) is 0 Å². The van der Waals surface area contributed by atoms with E-state index in [4.69, 9.17) is 5.14 Å². The smallest absolute Gasteiger partial charge is 0.238 e. The summed E-state index contributed by atoms with van der Waals surface area (Å²) < 4.78 is 22.3. The molecule has 2 rings (SSSR count). The van der Waals surface area contributed by atoms with Gasteiger partial charge in [-0.2, -0.15) is 0 Å². The number of hydrogen-bond donors (Lipinski definition) is 2. The molecule has 1 saturated carbocycles. The number of hydrogen-bond acceptors (Lipinski definition) is 3. The first-order chi connectivity index (χ1) is 9.85. The van der Waals surface area contributed by atoms with Crippen molar-refractivity contribution in [1.82, 2.24) is 5.32 Å². The van der Waals surface area contributed by atoms with Crippen LogP contribution in [0, 0.1) is 0 Å². The Kier molecular flexibility index (Phi) is 4.68. The Balaban J connectivity index is 1.87. The van der Waals surface area contributed by atoms with Gasteiger partial charge in [0.1, 0.15) is 0 Å². The average molecular weight is 310 g/mol. The van der Waals surface area contributed by atoms with Gasteiger partial charge in [0.15, 0.2) is 0 Å². The van der Waals surface area contributed by atoms with E-state index in [1.807, 2.05) is 0 Å². The summed E-state index contributed by atoms with van der Waals surface area (Å²) in [5, 5.41) is 8.17. The Morgan fingerprint density at radius 2 is 1.90 bits per heavy atom. The predicted molar refractivity (Wildman–Crippen MR) is 81.2 cm³/mol. The number of carbonyl (C=O) groups excluding carboxylic acids is 1. The van der Waals surface area contributed by atoms with Gasteiger partial charge in [0.25, 0.3) is 0 Å². The lowest BCUT2D eigenvalue weighted by Gasteiger charge is -2.42. The Hall–Kier alpha value is -1.40. The lowest BCUT2D eigenvalue weighted by atomic mass is 9.75. The Morgan fingerprint density at radius 3 is 2.33 bits per heavy atom. The molecule has 0 radical (unpaired) electrons. The van der Waals surface area contributed by atoms with Crippen molar-refractivity contribution in [3.8, 4) is 0 Å². The van der Waals surface area contributed by atoms with E-state index in [1.165, 1.54) is 18.6 Å². The fourth-order valence-electron chi connectivity index (χ4n) is 2.63. The number of aryl methyl sites for hydroxylation is 1. The quantitative estimate of drug-likeness (QED) is 0.838. The minimum absolute atomic E-state index is 0.0224. The zero-order valence-electron chi connectivity index (χ0n) is 12.3. The molecule has 1 aliphatic rings. The van der Waals surface area contributed by atoms with Gasteiger partial charge in [-0.1, -0.05) is 19.1 Å². The van der Waals surface area contributed by atoms with Crippen molar-refractivity contribution < 1.29 is 13.2 Å². The molecule has 116 valence electrons. The third-order valence-electron chi connectivity index (χ3n) is 4.28. The van der Waals surface area contributed by atoms with Crippen molar-refractivity contribution in [3.05, 3.63) is 29.8 Å². The van der Waals surface area contributed by atoms with Gasteiger partial charge in [0, 0.05) is 12.0 Å². The molecule has 5 nitrogen and oxygen atoms in total. The van der Waals surface area contributed by atoms with Gasteiger partial charge >= 0.3 is 0 Å². The van der Waals surface area contributed by atoms with Gasteiger partial charge in [-0.05, 0) is 49.8 Å². The fourth-order valence-corrected chi connectivity index (χ4v) is 3.15. The second kappa shape index (κ2) is 6.15. The Morgan fingerprint density at radius 1 is 1.29 bits per heavy atom. The highest BCUT2D eigenvalue weighted by Crippen LogP contribution is 2.34. The van der Waals surface area contributed by atoms with Crippen LogP contribution < -0.4 is 10.5 Å². The first kappa shape index (κ1) is 16.0. The lowest BCUT2D eigenvalue weighted by molar-refractivity contribution is -0.124. The van der Waals surface area contributed by atoms with Crippen molar-refractivity contribution in [3.63, 3.8) is 0 Å². The normalized spacial score (nSPS) is 17.0. The minimum atomic E-state index is -3.65. The van der Waals surface area contributed by atoms with E-state index in [9.17, 15) is 13.2 Å². The third-order valence-corrected chi connectivity index (χ3v) is 5.21. The van der Waals surface area contributed by atoms with Crippen molar-refractivity contribution in [2.75, 3.05) is 0 Å². The van der Waals surface area contributed by atoms with Crippen LogP contribution in [0.15, 0.2) is 29.2 Å². The second-order valence-electron chi connectivity index (χ2n) is 5.72. The number of sulfonamides is 1. The zero-order valence-corrected chi connectivity index (χ0v) is 13.1. The van der Waals surface area contributed by atoms with Crippen molar-refractivity contribution >= 4 is 15.9 Å².